The van der Waals surface area contributed by atoms with Crippen LogP contribution < -0.4 is 5.32 Å². The van der Waals surface area contributed by atoms with Gasteiger partial charge in [0.15, 0.2) is 0 Å². The SMILES string of the molecule is CCCNC(=O)C(Cl)c1ccc(Br)cc1F. The quantitative estimate of drug-likeness (QED) is 0.849. The molecule has 0 bridgehead atoms. The first-order valence-corrected chi connectivity index (χ1v) is 6.16. The van der Waals surface area contributed by atoms with E-state index in [1.54, 1.807) is 6.07 Å². The fraction of sp³-hybridized carbons (Fsp3) is 0.364. The zero-order valence-electron chi connectivity index (χ0n) is 8.77. The first kappa shape index (κ1) is 13.5. The predicted molar refractivity (Wildman–Crippen MR) is 66.0 cm³/mol. The molecule has 0 saturated heterocycles. The van der Waals surface area contributed by atoms with Crippen molar-refractivity contribution in [1.29, 1.82) is 0 Å². The molecule has 1 rings (SSSR count). The molecule has 1 N–H and O–H groups in total. The Morgan fingerprint density at radius 1 is 1.62 bits per heavy atom. The third-order valence-electron chi connectivity index (χ3n) is 2.01. The Labute approximate surface area is 107 Å². The minimum absolute atomic E-state index is 0.193. The van der Waals surface area contributed by atoms with Gasteiger partial charge < -0.3 is 5.32 Å². The summed E-state index contributed by atoms with van der Waals surface area (Å²) in [6.45, 7) is 2.48. The van der Waals surface area contributed by atoms with Crippen LogP contribution in [-0.2, 0) is 4.79 Å². The molecule has 16 heavy (non-hydrogen) atoms. The van der Waals surface area contributed by atoms with E-state index in [1.807, 2.05) is 6.92 Å². The van der Waals surface area contributed by atoms with Gasteiger partial charge in [-0.25, -0.2) is 4.39 Å². The summed E-state index contributed by atoms with van der Waals surface area (Å²) in [6, 6.07) is 4.45. The molecule has 1 aromatic rings. The highest BCUT2D eigenvalue weighted by molar-refractivity contribution is 9.10. The number of rotatable bonds is 4. The van der Waals surface area contributed by atoms with Crippen molar-refractivity contribution in [3.63, 3.8) is 0 Å². The first-order chi connectivity index (χ1) is 7.56. The molecule has 88 valence electrons. The van der Waals surface area contributed by atoms with Crippen LogP contribution in [-0.4, -0.2) is 12.5 Å². The fourth-order valence-corrected chi connectivity index (χ4v) is 1.77. The molecule has 0 aromatic heterocycles. The van der Waals surface area contributed by atoms with Crippen LogP contribution in [0.2, 0.25) is 0 Å². The molecule has 0 aliphatic rings. The molecule has 2 nitrogen and oxygen atoms in total. The Bertz CT molecular complexity index is 386. The lowest BCUT2D eigenvalue weighted by Crippen LogP contribution is -2.27. The number of alkyl halides is 1. The maximum absolute atomic E-state index is 13.5. The van der Waals surface area contributed by atoms with Crippen molar-refractivity contribution in [2.75, 3.05) is 6.54 Å². The normalized spacial score (nSPS) is 12.2. The second-order valence-corrected chi connectivity index (χ2v) is 4.67. The van der Waals surface area contributed by atoms with E-state index >= 15 is 0 Å². The number of benzene rings is 1. The summed E-state index contributed by atoms with van der Waals surface area (Å²) in [7, 11) is 0. The van der Waals surface area contributed by atoms with Crippen LogP contribution in [0.4, 0.5) is 4.39 Å². The van der Waals surface area contributed by atoms with Crippen LogP contribution in [0.1, 0.15) is 24.3 Å². The average Bonchev–Trinajstić information content (AvgIpc) is 2.25. The van der Waals surface area contributed by atoms with Crippen molar-refractivity contribution in [3.05, 3.63) is 34.1 Å². The molecule has 1 aromatic carbocycles. The van der Waals surface area contributed by atoms with Gasteiger partial charge in [0.2, 0.25) is 5.91 Å². The molecule has 0 fully saturated rings. The van der Waals surface area contributed by atoms with Crippen LogP contribution in [0.5, 0.6) is 0 Å². The molecule has 1 atom stereocenters. The number of hydrogen-bond donors (Lipinski definition) is 1. The number of carbonyl (C=O) groups is 1. The smallest absolute Gasteiger partial charge is 0.242 e. The van der Waals surface area contributed by atoms with Gasteiger partial charge in [-0.1, -0.05) is 28.9 Å². The third-order valence-corrected chi connectivity index (χ3v) is 2.94. The Morgan fingerprint density at radius 2 is 2.31 bits per heavy atom. The highest BCUT2D eigenvalue weighted by atomic mass is 79.9. The van der Waals surface area contributed by atoms with E-state index in [0.717, 1.165) is 6.42 Å². The van der Waals surface area contributed by atoms with Gasteiger partial charge in [0.1, 0.15) is 11.2 Å². The van der Waals surface area contributed by atoms with Crippen molar-refractivity contribution in [2.24, 2.45) is 0 Å². The maximum atomic E-state index is 13.5. The van der Waals surface area contributed by atoms with Gasteiger partial charge in [0.25, 0.3) is 0 Å². The van der Waals surface area contributed by atoms with E-state index in [9.17, 15) is 9.18 Å². The average molecular weight is 309 g/mol. The molecule has 1 amide bonds. The molecule has 1 unspecified atom stereocenters. The van der Waals surface area contributed by atoms with Crippen molar-refractivity contribution in [1.82, 2.24) is 5.32 Å². The summed E-state index contributed by atoms with van der Waals surface area (Å²) in [5.74, 6) is -0.856. The Hall–Kier alpha value is -0.610. The standard InChI is InChI=1S/C11H12BrClFNO/c1-2-5-15-11(16)10(13)8-4-3-7(12)6-9(8)14/h3-4,6,10H,2,5H2,1H3,(H,15,16). The van der Waals surface area contributed by atoms with E-state index in [0.29, 0.717) is 11.0 Å². The fourth-order valence-electron chi connectivity index (χ4n) is 1.19. The van der Waals surface area contributed by atoms with Crippen molar-refractivity contribution >= 4 is 33.4 Å². The minimum Gasteiger partial charge on any atom is -0.355 e. The second kappa shape index (κ2) is 6.21. The summed E-state index contributed by atoms with van der Waals surface area (Å²) in [4.78, 5) is 11.5. The highest BCUT2D eigenvalue weighted by Crippen LogP contribution is 2.25. The molecule has 0 aliphatic heterocycles. The second-order valence-electron chi connectivity index (χ2n) is 3.32. The summed E-state index contributed by atoms with van der Waals surface area (Å²) < 4.78 is 14.1. The van der Waals surface area contributed by atoms with Gasteiger partial charge in [0, 0.05) is 16.6 Å². The van der Waals surface area contributed by atoms with Crippen LogP contribution >= 0.6 is 27.5 Å². The first-order valence-electron chi connectivity index (χ1n) is 4.93. The van der Waals surface area contributed by atoms with Gasteiger partial charge in [-0.05, 0) is 18.6 Å². The number of hydrogen-bond acceptors (Lipinski definition) is 1. The number of nitrogens with one attached hydrogen (secondary N) is 1. The largest absolute Gasteiger partial charge is 0.355 e. The van der Waals surface area contributed by atoms with Gasteiger partial charge in [-0.15, -0.1) is 11.6 Å². The summed E-state index contributed by atoms with van der Waals surface area (Å²) in [5.41, 5.74) is 0.193. The lowest BCUT2D eigenvalue weighted by atomic mass is 10.1. The summed E-state index contributed by atoms with van der Waals surface area (Å²) in [6.07, 6.45) is 0.818. The van der Waals surface area contributed by atoms with Gasteiger partial charge in [-0.3, -0.25) is 4.79 Å². The zero-order valence-corrected chi connectivity index (χ0v) is 11.1. The van der Waals surface area contributed by atoms with E-state index in [2.05, 4.69) is 21.2 Å². The molecule has 0 spiro atoms. The monoisotopic (exact) mass is 307 g/mol. The Morgan fingerprint density at radius 3 is 2.88 bits per heavy atom. The minimum atomic E-state index is -0.986. The van der Waals surface area contributed by atoms with Crippen LogP contribution in [0.25, 0.3) is 0 Å². The van der Waals surface area contributed by atoms with Crippen molar-refractivity contribution in [3.8, 4) is 0 Å². The van der Waals surface area contributed by atoms with E-state index in [-0.39, 0.29) is 11.5 Å². The van der Waals surface area contributed by atoms with Crippen molar-refractivity contribution < 1.29 is 9.18 Å². The predicted octanol–water partition coefficient (Wildman–Crippen LogP) is 3.39. The van der Waals surface area contributed by atoms with Gasteiger partial charge >= 0.3 is 0 Å². The molecule has 0 aliphatic carbocycles. The zero-order chi connectivity index (χ0) is 12.1. The number of carbonyl (C=O) groups excluding carboxylic acids is 1. The van der Waals surface area contributed by atoms with E-state index in [4.69, 9.17) is 11.6 Å². The third kappa shape index (κ3) is 3.46. The lowest BCUT2D eigenvalue weighted by molar-refractivity contribution is -0.120. The number of amides is 1. The van der Waals surface area contributed by atoms with Crippen LogP contribution in [0.3, 0.4) is 0 Å². The van der Waals surface area contributed by atoms with Crippen LogP contribution in [0.15, 0.2) is 22.7 Å². The molecule has 5 heteroatoms. The number of halogens is 3. The molecular weight excluding hydrogens is 296 g/mol. The van der Waals surface area contributed by atoms with Crippen LogP contribution in [0, 0.1) is 5.82 Å². The van der Waals surface area contributed by atoms with E-state index in [1.165, 1.54) is 12.1 Å². The summed E-state index contributed by atoms with van der Waals surface area (Å²) in [5, 5.41) is 1.64. The van der Waals surface area contributed by atoms with E-state index < -0.39 is 11.2 Å². The maximum Gasteiger partial charge on any atom is 0.242 e. The summed E-state index contributed by atoms with van der Waals surface area (Å²) >= 11 is 9.02. The van der Waals surface area contributed by atoms with Gasteiger partial charge in [-0.2, -0.15) is 0 Å². The molecule has 0 radical (unpaired) electrons. The molecular formula is C11H12BrClFNO. The Kier molecular flexibility index (Phi) is 5.22. The van der Waals surface area contributed by atoms with Crippen molar-refractivity contribution in [2.45, 2.75) is 18.7 Å². The highest BCUT2D eigenvalue weighted by Gasteiger charge is 2.20. The lowest BCUT2D eigenvalue weighted by Gasteiger charge is -2.11. The molecule has 0 saturated carbocycles. The topological polar surface area (TPSA) is 29.1 Å². The van der Waals surface area contributed by atoms with Gasteiger partial charge in [0.05, 0.1) is 0 Å². The Balaban J connectivity index is 2.79. The molecule has 0 heterocycles.